The standard InChI is InChI=1S/C9H11ClN2O3/c1-9(11,5-13)7-3-2-6(12(14)15)4-8(7)10/h2-4,13H,5,11H2,1H3. The van der Waals surface area contributed by atoms with Gasteiger partial charge in [0.05, 0.1) is 22.1 Å². The molecule has 0 radical (unpaired) electrons. The summed E-state index contributed by atoms with van der Waals surface area (Å²) in [6.45, 7) is 1.31. The number of nitro benzene ring substituents is 1. The molecule has 1 unspecified atom stereocenters. The number of aliphatic hydroxyl groups excluding tert-OH is 1. The maximum atomic E-state index is 10.4. The zero-order valence-electron chi connectivity index (χ0n) is 8.11. The van der Waals surface area contributed by atoms with Crippen LogP contribution in [0, 0.1) is 10.1 Å². The SMILES string of the molecule is CC(N)(CO)c1ccc([N+](=O)[O-])cc1Cl. The summed E-state index contributed by atoms with van der Waals surface area (Å²) >= 11 is 5.84. The Morgan fingerprint density at radius 1 is 1.67 bits per heavy atom. The van der Waals surface area contributed by atoms with Gasteiger partial charge in [-0.2, -0.15) is 0 Å². The van der Waals surface area contributed by atoms with Crippen molar-refractivity contribution < 1.29 is 10.0 Å². The van der Waals surface area contributed by atoms with Gasteiger partial charge >= 0.3 is 0 Å². The normalized spacial score (nSPS) is 14.7. The molecule has 3 N–H and O–H groups in total. The second-order valence-corrected chi connectivity index (χ2v) is 3.90. The molecule has 0 bridgehead atoms. The number of nitro groups is 1. The Bertz CT molecular complexity index is 393. The first-order chi connectivity index (χ1) is 6.88. The molecule has 0 heterocycles. The van der Waals surface area contributed by atoms with Crippen molar-refractivity contribution in [3.05, 3.63) is 38.9 Å². The molecule has 1 rings (SSSR count). The van der Waals surface area contributed by atoms with Crippen LogP contribution >= 0.6 is 11.6 Å². The fourth-order valence-corrected chi connectivity index (χ4v) is 1.56. The average Bonchev–Trinajstić information content (AvgIpc) is 2.17. The summed E-state index contributed by atoms with van der Waals surface area (Å²) in [4.78, 5) is 9.91. The van der Waals surface area contributed by atoms with Gasteiger partial charge in [0.2, 0.25) is 0 Å². The van der Waals surface area contributed by atoms with Crippen LogP contribution in [0.2, 0.25) is 5.02 Å². The van der Waals surface area contributed by atoms with E-state index in [4.69, 9.17) is 22.4 Å². The quantitative estimate of drug-likeness (QED) is 0.607. The van der Waals surface area contributed by atoms with Crippen molar-refractivity contribution in [2.24, 2.45) is 5.73 Å². The fourth-order valence-electron chi connectivity index (χ4n) is 1.17. The van der Waals surface area contributed by atoms with Crippen molar-refractivity contribution in [1.29, 1.82) is 0 Å². The first-order valence-electron chi connectivity index (χ1n) is 4.22. The third kappa shape index (κ3) is 2.44. The Balaban J connectivity index is 3.19. The zero-order valence-corrected chi connectivity index (χ0v) is 8.86. The van der Waals surface area contributed by atoms with Crippen LogP contribution in [0.25, 0.3) is 0 Å². The zero-order chi connectivity index (χ0) is 11.6. The fraction of sp³-hybridized carbons (Fsp3) is 0.333. The molecule has 15 heavy (non-hydrogen) atoms. The van der Waals surface area contributed by atoms with Crippen molar-refractivity contribution in [3.8, 4) is 0 Å². The largest absolute Gasteiger partial charge is 0.394 e. The molecule has 0 aromatic heterocycles. The van der Waals surface area contributed by atoms with Crippen molar-refractivity contribution in [1.82, 2.24) is 0 Å². The van der Waals surface area contributed by atoms with Crippen LogP contribution < -0.4 is 5.73 Å². The molecule has 0 aliphatic heterocycles. The lowest BCUT2D eigenvalue weighted by Crippen LogP contribution is -2.37. The summed E-state index contributed by atoms with van der Waals surface area (Å²) in [6.07, 6.45) is 0. The number of halogens is 1. The number of nitrogens with two attached hydrogens (primary N) is 1. The van der Waals surface area contributed by atoms with Gasteiger partial charge in [-0.05, 0) is 18.6 Å². The van der Waals surface area contributed by atoms with Gasteiger partial charge in [0.15, 0.2) is 0 Å². The molecular formula is C9H11ClN2O3. The summed E-state index contributed by atoms with van der Waals surface area (Å²) in [7, 11) is 0. The molecule has 82 valence electrons. The van der Waals surface area contributed by atoms with Crippen LogP contribution in [-0.4, -0.2) is 16.6 Å². The highest BCUT2D eigenvalue weighted by Gasteiger charge is 2.24. The summed E-state index contributed by atoms with van der Waals surface area (Å²) < 4.78 is 0. The van der Waals surface area contributed by atoms with E-state index in [1.807, 2.05) is 0 Å². The predicted octanol–water partition coefficient (Wildman–Crippen LogP) is 1.41. The minimum atomic E-state index is -0.994. The smallest absolute Gasteiger partial charge is 0.270 e. The lowest BCUT2D eigenvalue weighted by Gasteiger charge is -2.23. The number of hydrogen-bond acceptors (Lipinski definition) is 4. The molecule has 0 aliphatic carbocycles. The van der Waals surface area contributed by atoms with Gasteiger partial charge in [-0.25, -0.2) is 0 Å². The lowest BCUT2D eigenvalue weighted by molar-refractivity contribution is -0.384. The molecule has 0 aliphatic rings. The van der Waals surface area contributed by atoms with Crippen LogP contribution in [0.1, 0.15) is 12.5 Å². The molecule has 0 saturated carbocycles. The van der Waals surface area contributed by atoms with Gasteiger partial charge < -0.3 is 10.8 Å². The van der Waals surface area contributed by atoms with Crippen molar-refractivity contribution in [2.45, 2.75) is 12.5 Å². The summed E-state index contributed by atoms with van der Waals surface area (Å²) in [6, 6.07) is 3.98. The molecule has 1 atom stereocenters. The highest BCUT2D eigenvalue weighted by Crippen LogP contribution is 2.29. The second-order valence-electron chi connectivity index (χ2n) is 3.50. The second kappa shape index (κ2) is 4.14. The molecule has 0 spiro atoms. The Morgan fingerprint density at radius 3 is 2.67 bits per heavy atom. The van der Waals surface area contributed by atoms with Crippen LogP contribution in [0.15, 0.2) is 18.2 Å². The van der Waals surface area contributed by atoms with Crippen molar-refractivity contribution in [3.63, 3.8) is 0 Å². The van der Waals surface area contributed by atoms with E-state index < -0.39 is 10.5 Å². The van der Waals surface area contributed by atoms with E-state index >= 15 is 0 Å². The highest BCUT2D eigenvalue weighted by atomic mass is 35.5. The van der Waals surface area contributed by atoms with E-state index in [1.54, 1.807) is 6.92 Å². The molecular weight excluding hydrogens is 220 g/mol. The molecule has 6 heteroatoms. The van der Waals surface area contributed by atoms with Crippen LogP contribution in [-0.2, 0) is 5.54 Å². The number of benzene rings is 1. The first kappa shape index (κ1) is 11.9. The third-order valence-electron chi connectivity index (χ3n) is 2.11. The summed E-state index contributed by atoms with van der Waals surface area (Å²) in [5, 5.41) is 19.7. The highest BCUT2D eigenvalue weighted by molar-refractivity contribution is 6.31. The molecule has 0 fully saturated rings. The van der Waals surface area contributed by atoms with E-state index in [-0.39, 0.29) is 17.3 Å². The van der Waals surface area contributed by atoms with E-state index in [1.165, 1.54) is 18.2 Å². The van der Waals surface area contributed by atoms with Gasteiger partial charge in [0, 0.05) is 12.1 Å². The minimum Gasteiger partial charge on any atom is -0.394 e. The number of nitrogens with zero attached hydrogens (tertiary/aromatic N) is 1. The lowest BCUT2D eigenvalue weighted by atomic mass is 9.94. The predicted molar refractivity (Wildman–Crippen MR) is 56.7 cm³/mol. The van der Waals surface area contributed by atoms with Gasteiger partial charge in [0.1, 0.15) is 0 Å². The maximum Gasteiger partial charge on any atom is 0.270 e. The number of aliphatic hydroxyl groups is 1. The number of hydrogen-bond donors (Lipinski definition) is 2. The van der Waals surface area contributed by atoms with Gasteiger partial charge in [-0.3, -0.25) is 10.1 Å². The number of non-ortho nitro benzene ring substituents is 1. The monoisotopic (exact) mass is 230 g/mol. The molecule has 0 saturated heterocycles. The van der Waals surface area contributed by atoms with E-state index in [9.17, 15) is 10.1 Å². The van der Waals surface area contributed by atoms with Gasteiger partial charge in [-0.1, -0.05) is 11.6 Å². The van der Waals surface area contributed by atoms with E-state index in [2.05, 4.69) is 0 Å². The van der Waals surface area contributed by atoms with Gasteiger partial charge in [-0.15, -0.1) is 0 Å². The number of rotatable bonds is 3. The van der Waals surface area contributed by atoms with Crippen LogP contribution in [0.4, 0.5) is 5.69 Å². The molecule has 1 aromatic rings. The van der Waals surface area contributed by atoms with Crippen LogP contribution in [0.3, 0.4) is 0 Å². The van der Waals surface area contributed by atoms with Crippen molar-refractivity contribution in [2.75, 3.05) is 6.61 Å². The van der Waals surface area contributed by atoms with Gasteiger partial charge in [0.25, 0.3) is 5.69 Å². The third-order valence-corrected chi connectivity index (χ3v) is 2.42. The Hall–Kier alpha value is -1.17. The minimum absolute atomic E-state index is 0.0995. The molecule has 0 amide bonds. The summed E-state index contributed by atoms with van der Waals surface area (Å²) in [5.74, 6) is 0. The Kier molecular flexibility index (Phi) is 3.28. The van der Waals surface area contributed by atoms with Crippen LogP contribution in [0.5, 0.6) is 0 Å². The Labute approximate surface area is 91.6 Å². The Morgan fingerprint density at radius 2 is 2.27 bits per heavy atom. The van der Waals surface area contributed by atoms with E-state index in [0.717, 1.165) is 0 Å². The first-order valence-corrected chi connectivity index (χ1v) is 4.60. The summed E-state index contributed by atoms with van der Waals surface area (Å²) in [5.41, 5.74) is 5.15. The average molecular weight is 231 g/mol. The maximum absolute atomic E-state index is 10.4. The topological polar surface area (TPSA) is 89.4 Å². The molecule has 5 nitrogen and oxygen atoms in total. The molecule has 1 aromatic carbocycles. The van der Waals surface area contributed by atoms with Crippen molar-refractivity contribution >= 4 is 17.3 Å². The van der Waals surface area contributed by atoms with E-state index in [0.29, 0.717) is 5.56 Å².